The number of pyridine rings is 3. The number of ether oxygens (including phenoxy) is 3. The third-order valence-corrected chi connectivity index (χ3v) is 7.07. The molecule has 0 radical (unpaired) electrons. The van der Waals surface area contributed by atoms with E-state index in [1.54, 1.807) is 53.1 Å². The van der Waals surface area contributed by atoms with Crippen LogP contribution in [0.3, 0.4) is 0 Å². The molecule has 4 aromatic heterocycles. The van der Waals surface area contributed by atoms with E-state index in [0.29, 0.717) is 33.6 Å². The largest absolute Gasteiger partial charge is 0.491 e. The first-order chi connectivity index (χ1) is 21.7. The van der Waals surface area contributed by atoms with E-state index in [9.17, 15) is 14.0 Å². The Bertz CT molecular complexity index is 2130. The molecule has 4 heterocycles. The predicted molar refractivity (Wildman–Crippen MR) is 161 cm³/mol. The number of carbonyl (C=O) groups is 1. The Labute approximate surface area is 255 Å². The van der Waals surface area contributed by atoms with Crippen LogP contribution in [0.2, 0.25) is 0 Å². The monoisotopic (exact) mass is 609 g/mol. The molecule has 0 spiro atoms. The molecule has 2 aromatic carbocycles. The van der Waals surface area contributed by atoms with Gasteiger partial charge in [0.05, 0.1) is 37.2 Å². The summed E-state index contributed by atoms with van der Waals surface area (Å²) in [6, 6.07) is 12.7. The second-order valence-electron chi connectivity index (χ2n) is 10.0. The van der Waals surface area contributed by atoms with Gasteiger partial charge in [0, 0.05) is 56.0 Å². The number of ketones is 1. The fraction of sp³-hybridized carbons (Fsp3) is 0.121. The molecule has 6 rings (SSSR count). The van der Waals surface area contributed by atoms with Crippen molar-refractivity contribution in [2.45, 2.75) is 6.42 Å². The highest BCUT2D eigenvalue weighted by Crippen LogP contribution is 2.34. The van der Waals surface area contributed by atoms with E-state index in [4.69, 9.17) is 14.2 Å². The second kappa shape index (κ2) is 12.0. The van der Waals surface area contributed by atoms with Gasteiger partial charge in [-0.15, -0.1) is 0 Å². The van der Waals surface area contributed by atoms with Crippen molar-refractivity contribution in [1.29, 1.82) is 0 Å². The normalized spacial score (nSPS) is 11.0. The number of hydrogen-bond acceptors (Lipinski definition) is 8. The summed E-state index contributed by atoms with van der Waals surface area (Å²) in [4.78, 5) is 35.7. The highest BCUT2D eigenvalue weighted by atomic mass is 19.1. The van der Waals surface area contributed by atoms with Crippen molar-refractivity contribution in [2.24, 2.45) is 7.05 Å². The third kappa shape index (κ3) is 5.85. The van der Waals surface area contributed by atoms with E-state index >= 15 is 4.39 Å². The van der Waals surface area contributed by atoms with Crippen LogP contribution in [0.1, 0.15) is 15.9 Å². The number of aryl methyl sites for hydroxylation is 1. The van der Waals surface area contributed by atoms with E-state index < -0.39 is 22.8 Å². The summed E-state index contributed by atoms with van der Waals surface area (Å²) in [6.07, 6.45) is 7.52. The smallest absolute Gasteiger partial charge is 0.257 e. The second-order valence-corrected chi connectivity index (χ2v) is 10.0. The molecule has 0 unspecified atom stereocenters. The molecule has 0 saturated carbocycles. The van der Waals surface area contributed by atoms with Crippen molar-refractivity contribution in [3.05, 3.63) is 119 Å². The van der Waals surface area contributed by atoms with E-state index in [-0.39, 0.29) is 34.9 Å². The number of benzene rings is 2. The van der Waals surface area contributed by atoms with Crippen LogP contribution in [0.4, 0.5) is 8.78 Å². The molecule has 45 heavy (non-hydrogen) atoms. The summed E-state index contributed by atoms with van der Waals surface area (Å²) >= 11 is 0. The number of rotatable bonds is 9. The Balaban J connectivity index is 1.30. The van der Waals surface area contributed by atoms with Gasteiger partial charge in [0.25, 0.3) is 5.88 Å². The number of fused-ring (bicyclic) bond motifs is 1. The summed E-state index contributed by atoms with van der Waals surface area (Å²) < 4.78 is 48.5. The van der Waals surface area contributed by atoms with Crippen LogP contribution in [-0.4, -0.2) is 44.3 Å². The Kier molecular flexibility index (Phi) is 7.78. The molecular formula is C33H25F2N5O5. The Hall–Kier alpha value is -5.91. The zero-order valence-electron chi connectivity index (χ0n) is 24.3. The first kappa shape index (κ1) is 29.2. The average molecular weight is 610 g/mol. The van der Waals surface area contributed by atoms with Crippen LogP contribution >= 0.6 is 0 Å². The van der Waals surface area contributed by atoms with Crippen LogP contribution in [0, 0.1) is 11.6 Å². The number of nitrogens with zero attached hydrogens (tertiary/aromatic N) is 5. The molecule has 0 N–H and O–H groups in total. The molecule has 10 nitrogen and oxygen atoms in total. The van der Waals surface area contributed by atoms with E-state index in [1.165, 1.54) is 63.0 Å². The summed E-state index contributed by atoms with van der Waals surface area (Å²) in [5, 5.41) is 4.16. The number of halogens is 2. The zero-order valence-corrected chi connectivity index (χ0v) is 24.3. The fourth-order valence-electron chi connectivity index (χ4n) is 4.83. The zero-order chi connectivity index (χ0) is 31.7. The molecule has 0 saturated heterocycles. The van der Waals surface area contributed by atoms with Crippen LogP contribution in [0.5, 0.6) is 23.1 Å². The maximum absolute atomic E-state index is 15.3. The molecule has 0 atom stereocenters. The highest BCUT2D eigenvalue weighted by Gasteiger charge is 2.19. The quantitative estimate of drug-likeness (QED) is 0.192. The SMILES string of the molecule is COc1cc2nccc(Oc3ccc(CC(=O)c4cn(-c5cnn(C)c5)cc(-c5ccc(F)cc5)c4=O)cc3F)c2nc1OC. The molecule has 0 aliphatic rings. The van der Waals surface area contributed by atoms with Gasteiger partial charge in [-0.3, -0.25) is 19.3 Å². The van der Waals surface area contributed by atoms with Gasteiger partial charge in [-0.25, -0.2) is 13.8 Å². The maximum atomic E-state index is 15.3. The third-order valence-electron chi connectivity index (χ3n) is 7.07. The predicted octanol–water partition coefficient (Wildman–Crippen LogP) is 5.69. The summed E-state index contributed by atoms with van der Waals surface area (Å²) in [5.41, 5.74) is 1.72. The summed E-state index contributed by atoms with van der Waals surface area (Å²) in [7, 11) is 4.66. The number of hydrogen-bond donors (Lipinski definition) is 0. The minimum Gasteiger partial charge on any atom is -0.491 e. The van der Waals surface area contributed by atoms with Crippen LogP contribution in [0.25, 0.3) is 27.8 Å². The van der Waals surface area contributed by atoms with Crippen LogP contribution in [0.15, 0.2) is 90.4 Å². The van der Waals surface area contributed by atoms with Crippen molar-refractivity contribution < 1.29 is 27.8 Å². The first-order valence-corrected chi connectivity index (χ1v) is 13.6. The standard InChI is InChI=1S/C33H25F2N5O5/c1-39-16-22(15-37-39)40-17-23(20-5-7-21(34)8-6-20)32(42)24(18-40)27(41)13-19-4-9-28(25(35)12-19)45-29-10-11-36-26-14-30(43-2)33(44-3)38-31(26)29/h4-12,14-18H,13H2,1-3H3. The minimum atomic E-state index is -0.724. The van der Waals surface area contributed by atoms with Crippen LogP contribution < -0.4 is 19.6 Å². The Morgan fingerprint density at radius 1 is 0.911 bits per heavy atom. The van der Waals surface area contributed by atoms with Gasteiger partial charge in [0.15, 0.2) is 34.3 Å². The molecule has 0 amide bonds. The lowest BCUT2D eigenvalue weighted by atomic mass is 9.99. The number of aromatic nitrogens is 5. The summed E-state index contributed by atoms with van der Waals surface area (Å²) in [6.45, 7) is 0. The van der Waals surface area contributed by atoms with Crippen molar-refractivity contribution >= 4 is 16.8 Å². The van der Waals surface area contributed by atoms with Gasteiger partial charge in [-0.2, -0.15) is 5.10 Å². The average Bonchev–Trinajstić information content (AvgIpc) is 3.48. The molecule has 0 bridgehead atoms. The van der Waals surface area contributed by atoms with Gasteiger partial charge in [-0.05, 0) is 35.4 Å². The molecular weight excluding hydrogens is 584 g/mol. The number of methoxy groups -OCH3 is 2. The fourth-order valence-corrected chi connectivity index (χ4v) is 4.83. The van der Waals surface area contributed by atoms with Gasteiger partial charge >= 0.3 is 0 Å². The lowest BCUT2D eigenvalue weighted by Crippen LogP contribution is -2.21. The van der Waals surface area contributed by atoms with Crippen molar-refractivity contribution in [2.75, 3.05) is 14.2 Å². The van der Waals surface area contributed by atoms with Gasteiger partial charge in [0.2, 0.25) is 0 Å². The summed E-state index contributed by atoms with van der Waals surface area (Å²) in [5.74, 6) is -0.988. The number of carbonyl (C=O) groups excluding carboxylic acids is 1. The number of Topliss-reactive ketones (excluding diaryl/α,β-unsaturated/α-hetero) is 1. The first-order valence-electron chi connectivity index (χ1n) is 13.6. The van der Waals surface area contributed by atoms with Crippen molar-refractivity contribution in [3.8, 4) is 39.9 Å². The molecule has 6 aromatic rings. The molecule has 0 aliphatic carbocycles. The van der Waals surface area contributed by atoms with E-state index in [2.05, 4.69) is 15.1 Å². The maximum Gasteiger partial charge on any atom is 0.257 e. The topological polar surface area (TPSA) is 110 Å². The molecule has 226 valence electrons. The van der Waals surface area contributed by atoms with Gasteiger partial charge < -0.3 is 18.8 Å². The van der Waals surface area contributed by atoms with Gasteiger partial charge in [-0.1, -0.05) is 18.2 Å². The lowest BCUT2D eigenvalue weighted by Gasteiger charge is -2.13. The molecule has 12 heteroatoms. The van der Waals surface area contributed by atoms with Crippen LogP contribution in [-0.2, 0) is 13.5 Å². The highest BCUT2D eigenvalue weighted by molar-refractivity contribution is 5.98. The van der Waals surface area contributed by atoms with E-state index in [1.807, 2.05) is 0 Å². The van der Waals surface area contributed by atoms with E-state index in [0.717, 1.165) is 0 Å². The lowest BCUT2D eigenvalue weighted by molar-refractivity contribution is 0.0991. The van der Waals surface area contributed by atoms with Crippen molar-refractivity contribution in [1.82, 2.24) is 24.3 Å². The van der Waals surface area contributed by atoms with Crippen molar-refractivity contribution in [3.63, 3.8) is 0 Å². The Morgan fingerprint density at radius 2 is 1.71 bits per heavy atom. The van der Waals surface area contributed by atoms with Gasteiger partial charge in [0.1, 0.15) is 11.3 Å². The molecule has 0 fully saturated rings. The minimum absolute atomic E-state index is 0.104. The molecule has 0 aliphatic heterocycles. The Morgan fingerprint density at radius 3 is 2.40 bits per heavy atom.